The molecule has 1 rings (SSSR count). The Bertz CT molecular complexity index is 173. The first kappa shape index (κ1) is 10.4. The lowest BCUT2D eigenvalue weighted by Crippen LogP contribution is -2.27. The van der Waals surface area contributed by atoms with Crippen molar-refractivity contribution in [1.29, 1.82) is 0 Å². The van der Waals surface area contributed by atoms with Crippen LogP contribution in [-0.2, 0) is 19.3 Å². The predicted molar refractivity (Wildman–Crippen MR) is 43.1 cm³/mol. The van der Waals surface area contributed by atoms with Gasteiger partial charge in [0.15, 0.2) is 0 Å². The van der Waals surface area contributed by atoms with Crippen molar-refractivity contribution < 1.29 is 24.4 Å². The number of carboxylic acids is 1. The molecule has 76 valence electrons. The third-order valence-electron chi connectivity index (χ3n) is 1.81. The smallest absolute Gasteiger partial charge is 0.305 e. The normalized spacial score (nSPS) is 20.4. The quantitative estimate of drug-likeness (QED) is 0.503. The number of ether oxygens (including phenoxy) is 1. The van der Waals surface area contributed by atoms with E-state index in [-0.39, 0.29) is 18.4 Å². The summed E-state index contributed by atoms with van der Waals surface area (Å²) in [5.41, 5.74) is -0.126. The maximum absolute atomic E-state index is 10.1. The molecule has 0 aromatic carbocycles. The summed E-state index contributed by atoms with van der Waals surface area (Å²) in [4.78, 5) is 19.6. The molecule has 0 aromatic heterocycles. The van der Waals surface area contributed by atoms with Crippen LogP contribution in [0.4, 0.5) is 0 Å². The van der Waals surface area contributed by atoms with E-state index in [1.54, 1.807) is 0 Å². The van der Waals surface area contributed by atoms with E-state index in [4.69, 9.17) is 19.6 Å². The van der Waals surface area contributed by atoms with Crippen LogP contribution in [0.1, 0.15) is 13.3 Å². The topological polar surface area (TPSA) is 65.0 Å². The van der Waals surface area contributed by atoms with Crippen molar-refractivity contribution in [2.45, 2.75) is 13.3 Å². The zero-order valence-corrected chi connectivity index (χ0v) is 7.62. The summed E-state index contributed by atoms with van der Waals surface area (Å²) in [6, 6.07) is 0. The lowest BCUT2D eigenvalue weighted by Gasteiger charge is -2.18. The lowest BCUT2D eigenvalue weighted by atomic mass is 9.95. The van der Waals surface area contributed by atoms with Crippen molar-refractivity contribution >= 4 is 5.97 Å². The Kier molecular flexibility index (Phi) is 3.65. The van der Waals surface area contributed by atoms with Crippen LogP contribution in [0.5, 0.6) is 0 Å². The van der Waals surface area contributed by atoms with Gasteiger partial charge in [0.1, 0.15) is 0 Å². The summed E-state index contributed by atoms with van der Waals surface area (Å²) in [6.45, 7) is 3.69. The lowest BCUT2D eigenvalue weighted by molar-refractivity contribution is -0.248. The predicted octanol–water partition coefficient (Wildman–Crippen LogP) is 0.446. The second kappa shape index (κ2) is 4.55. The molecule has 0 radical (unpaired) electrons. The van der Waals surface area contributed by atoms with E-state index in [9.17, 15) is 4.79 Å². The molecule has 0 bridgehead atoms. The number of hydrogen-bond acceptors (Lipinski definition) is 4. The molecular formula is C8H14O5. The number of rotatable bonds is 5. The molecule has 0 atom stereocenters. The van der Waals surface area contributed by atoms with Crippen molar-refractivity contribution in [1.82, 2.24) is 0 Å². The summed E-state index contributed by atoms with van der Waals surface area (Å²) >= 11 is 0. The molecule has 0 aliphatic carbocycles. The standard InChI is InChI=1S/C8H14O5/c1-8(5-12-13-6-8)4-11-3-2-7(9)10/h2-6H2,1H3,(H,9,10). The summed E-state index contributed by atoms with van der Waals surface area (Å²) in [5.74, 6) is -0.843. The fourth-order valence-corrected chi connectivity index (χ4v) is 0.971. The van der Waals surface area contributed by atoms with Gasteiger partial charge in [0.25, 0.3) is 0 Å². The molecular weight excluding hydrogens is 176 g/mol. The maximum atomic E-state index is 10.1. The molecule has 5 nitrogen and oxygen atoms in total. The van der Waals surface area contributed by atoms with Gasteiger partial charge in [0.05, 0.1) is 32.8 Å². The maximum Gasteiger partial charge on any atom is 0.305 e. The van der Waals surface area contributed by atoms with Gasteiger partial charge >= 0.3 is 5.97 Å². The highest BCUT2D eigenvalue weighted by molar-refractivity contribution is 5.66. The molecule has 1 N–H and O–H groups in total. The van der Waals surface area contributed by atoms with Crippen molar-refractivity contribution in [3.8, 4) is 0 Å². The fourth-order valence-electron chi connectivity index (χ4n) is 0.971. The first-order valence-corrected chi connectivity index (χ1v) is 4.16. The van der Waals surface area contributed by atoms with Gasteiger partial charge in [-0.1, -0.05) is 6.92 Å². The van der Waals surface area contributed by atoms with Crippen molar-refractivity contribution in [2.75, 3.05) is 26.4 Å². The van der Waals surface area contributed by atoms with Crippen molar-refractivity contribution in [2.24, 2.45) is 5.41 Å². The number of carbonyl (C=O) groups is 1. The highest BCUT2D eigenvalue weighted by atomic mass is 17.2. The van der Waals surface area contributed by atoms with E-state index in [1.165, 1.54) is 0 Å². The summed E-state index contributed by atoms with van der Waals surface area (Å²) < 4.78 is 5.19. The van der Waals surface area contributed by atoms with Gasteiger partial charge in [-0.25, -0.2) is 9.78 Å². The van der Waals surface area contributed by atoms with E-state index in [0.717, 1.165) is 0 Å². The molecule has 0 amide bonds. The van der Waals surface area contributed by atoms with Crippen LogP contribution in [0.25, 0.3) is 0 Å². The molecule has 0 spiro atoms. The largest absolute Gasteiger partial charge is 0.481 e. The van der Waals surface area contributed by atoms with E-state index in [1.807, 2.05) is 6.92 Å². The zero-order valence-electron chi connectivity index (χ0n) is 7.62. The monoisotopic (exact) mass is 190 g/mol. The van der Waals surface area contributed by atoms with E-state index in [2.05, 4.69) is 0 Å². The number of aliphatic carboxylic acids is 1. The van der Waals surface area contributed by atoms with Crippen molar-refractivity contribution in [3.63, 3.8) is 0 Å². The third-order valence-corrected chi connectivity index (χ3v) is 1.81. The molecule has 0 aromatic rings. The van der Waals surface area contributed by atoms with Crippen LogP contribution in [0.2, 0.25) is 0 Å². The molecule has 1 aliphatic heterocycles. The molecule has 13 heavy (non-hydrogen) atoms. The van der Waals surface area contributed by atoms with Gasteiger partial charge in [0, 0.05) is 5.41 Å². The van der Waals surface area contributed by atoms with Crippen LogP contribution in [0.3, 0.4) is 0 Å². The van der Waals surface area contributed by atoms with Gasteiger partial charge < -0.3 is 9.84 Å². The zero-order chi connectivity index (χ0) is 9.73. The molecule has 0 saturated carbocycles. The Balaban J connectivity index is 2.07. The van der Waals surface area contributed by atoms with E-state index in [0.29, 0.717) is 19.8 Å². The minimum absolute atomic E-state index is 0.0395. The Morgan fingerprint density at radius 2 is 2.15 bits per heavy atom. The van der Waals surface area contributed by atoms with E-state index >= 15 is 0 Å². The van der Waals surface area contributed by atoms with Crippen molar-refractivity contribution in [3.05, 3.63) is 0 Å². The van der Waals surface area contributed by atoms with Crippen LogP contribution in [0, 0.1) is 5.41 Å². The summed E-state index contributed by atoms with van der Waals surface area (Å²) in [6.07, 6.45) is 0.0395. The Labute approximate surface area is 76.5 Å². The van der Waals surface area contributed by atoms with Gasteiger partial charge in [-0.2, -0.15) is 0 Å². The average Bonchev–Trinajstić information content (AvgIpc) is 2.47. The Hall–Kier alpha value is -0.650. The summed E-state index contributed by atoms with van der Waals surface area (Å²) in [7, 11) is 0. The molecule has 1 fully saturated rings. The molecule has 1 heterocycles. The molecule has 0 unspecified atom stereocenters. The number of carboxylic acid groups (broad SMARTS) is 1. The molecule has 1 saturated heterocycles. The molecule has 1 aliphatic rings. The first-order chi connectivity index (χ1) is 6.12. The van der Waals surface area contributed by atoms with Gasteiger partial charge in [0.2, 0.25) is 0 Å². The highest BCUT2D eigenvalue weighted by Crippen LogP contribution is 2.23. The Morgan fingerprint density at radius 1 is 1.54 bits per heavy atom. The van der Waals surface area contributed by atoms with Crippen LogP contribution < -0.4 is 0 Å². The van der Waals surface area contributed by atoms with Crippen LogP contribution >= 0.6 is 0 Å². The van der Waals surface area contributed by atoms with Gasteiger partial charge in [-0.3, -0.25) is 4.79 Å². The van der Waals surface area contributed by atoms with Gasteiger partial charge in [-0.15, -0.1) is 0 Å². The first-order valence-electron chi connectivity index (χ1n) is 4.16. The Morgan fingerprint density at radius 3 is 2.69 bits per heavy atom. The third kappa shape index (κ3) is 3.71. The minimum Gasteiger partial charge on any atom is -0.481 e. The second-order valence-corrected chi connectivity index (χ2v) is 3.53. The fraction of sp³-hybridized carbons (Fsp3) is 0.875. The second-order valence-electron chi connectivity index (χ2n) is 3.53. The van der Waals surface area contributed by atoms with E-state index < -0.39 is 5.97 Å². The highest BCUT2D eigenvalue weighted by Gasteiger charge is 2.31. The molecule has 5 heteroatoms. The minimum atomic E-state index is -0.843. The summed E-state index contributed by atoms with van der Waals surface area (Å²) in [5, 5.41) is 8.34. The van der Waals surface area contributed by atoms with Crippen LogP contribution in [0.15, 0.2) is 0 Å². The van der Waals surface area contributed by atoms with Gasteiger partial charge in [-0.05, 0) is 0 Å². The van der Waals surface area contributed by atoms with Crippen LogP contribution in [-0.4, -0.2) is 37.5 Å². The number of hydrogen-bond donors (Lipinski definition) is 1. The average molecular weight is 190 g/mol. The SMILES string of the molecule is CC1(COCCC(=O)O)COOC1.